The summed E-state index contributed by atoms with van der Waals surface area (Å²) in [5.74, 6) is -1.44. The van der Waals surface area contributed by atoms with E-state index in [1.165, 1.54) is 22.9 Å². The van der Waals surface area contributed by atoms with Gasteiger partial charge in [-0.25, -0.2) is 4.98 Å². The Kier molecular flexibility index (Phi) is 4.95. The number of nitrogens with one attached hydrogen (secondary N) is 1. The van der Waals surface area contributed by atoms with Gasteiger partial charge >= 0.3 is 6.18 Å². The van der Waals surface area contributed by atoms with Gasteiger partial charge in [-0.15, -0.1) is 0 Å². The average Bonchev–Trinajstić information content (AvgIpc) is 3.02. The Bertz CT molecular complexity index is 1330. The van der Waals surface area contributed by atoms with Gasteiger partial charge in [0.2, 0.25) is 5.75 Å². The highest BCUT2D eigenvalue weighted by Crippen LogP contribution is 2.37. The van der Waals surface area contributed by atoms with Crippen LogP contribution < -0.4 is 10.3 Å². The van der Waals surface area contributed by atoms with E-state index in [1.807, 2.05) is 0 Å². The van der Waals surface area contributed by atoms with Crippen LogP contribution in [0.5, 0.6) is 11.5 Å². The van der Waals surface area contributed by atoms with Crippen molar-refractivity contribution in [2.24, 2.45) is 7.05 Å². The molecule has 1 N–H and O–H groups in total. The molecule has 0 radical (unpaired) electrons. The molecule has 2 aromatic heterocycles. The molecule has 4 aromatic rings. The molecular weight excluding hydrogens is 444 g/mol. The number of hydrogen-bond acceptors (Lipinski definition) is 4. The lowest BCUT2D eigenvalue weighted by Crippen LogP contribution is -2.21. The molecule has 11 heteroatoms. The van der Waals surface area contributed by atoms with Crippen LogP contribution in [-0.4, -0.2) is 19.7 Å². The molecule has 0 fully saturated rings. The molecule has 154 valence electrons. The largest absolute Gasteiger partial charge is 0.449 e. The summed E-state index contributed by atoms with van der Waals surface area (Å²) >= 11 is 11.7. The summed E-state index contributed by atoms with van der Waals surface area (Å²) in [5, 5.41) is 4.98. The molecule has 0 atom stereocenters. The van der Waals surface area contributed by atoms with Crippen LogP contribution in [0, 0.1) is 0 Å². The first-order chi connectivity index (χ1) is 14.1. The van der Waals surface area contributed by atoms with E-state index in [-0.39, 0.29) is 27.3 Å². The molecule has 0 unspecified atom stereocenters. The van der Waals surface area contributed by atoms with Crippen molar-refractivity contribution >= 4 is 34.1 Å². The SMILES string of the molecule is Cn1nc(-c2nc(C(F)(F)F)c(Oc3ccc(Cl)c(Cl)c3)c(=O)[nH]2)c2ccccc21. The van der Waals surface area contributed by atoms with Gasteiger partial charge in [-0.1, -0.05) is 41.4 Å². The number of ether oxygens (including phenoxy) is 1. The molecule has 2 heterocycles. The molecule has 0 saturated heterocycles. The van der Waals surface area contributed by atoms with Gasteiger partial charge in [0.05, 0.1) is 15.6 Å². The molecule has 0 amide bonds. The van der Waals surface area contributed by atoms with Crippen LogP contribution in [-0.2, 0) is 13.2 Å². The number of halogens is 5. The minimum atomic E-state index is -4.96. The van der Waals surface area contributed by atoms with E-state index in [0.29, 0.717) is 10.9 Å². The monoisotopic (exact) mass is 454 g/mol. The molecule has 0 bridgehead atoms. The number of benzene rings is 2. The standard InChI is InChI=1S/C19H11Cl2F3N4O2/c1-28-13-5-3-2-4-10(13)14(27-28)17-25-16(19(22,23)24)15(18(29)26-17)30-9-6-7-11(20)12(21)8-9/h2-8H,1H3,(H,25,26,29). The lowest BCUT2D eigenvalue weighted by molar-refractivity contribution is -0.142. The van der Waals surface area contributed by atoms with E-state index in [9.17, 15) is 18.0 Å². The fourth-order valence-corrected chi connectivity index (χ4v) is 3.20. The predicted octanol–water partition coefficient (Wildman–Crippen LogP) is 5.44. The Balaban J connectivity index is 1.89. The van der Waals surface area contributed by atoms with Crippen molar-refractivity contribution in [3.63, 3.8) is 0 Å². The third-order valence-electron chi connectivity index (χ3n) is 4.24. The lowest BCUT2D eigenvalue weighted by atomic mass is 10.2. The number of aromatic amines is 1. The molecule has 0 saturated carbocycles. The van der Waals surface area contributed by atoms with Crippen LogP contribution in [0.1, 0.15) is 5.69 Å². The zero-order valence-corrected chi connectivity index (χ0v) is 16.6. The maximum absolute atomic E-state index is 13.7. The summed E-state index contributed by atoms with van der Waals surface area (Å²) in [6.45, 7) is 0. The highest BCUT2D eigenvalue weighted by molar-refractivity contribution is 6.42. The quantitative estimate of drug-likeness (QED) is 0.447. The smallest absolute Gasteiger partial charge is 0.437 e. The molecule has 0 aliphatic rings. The Labute approximate surface area is 176 Å². The fraction of sp³-hybridized carbons (Fsp3) is 0.105. The number of rotatable bonds is 3. The fourth-order valence-electron chi connectivity index (χ4n) is 2.91. The van der Waals surface area contributed by atoms with Crippen LogP contribution in [0.25, 0.3) is 22.4 Å². The highest BCUT2D eigenvalue weighted by Gasteiger charge is 2.39. The minimum Gasteiger partial charge on any atom is -0.449 e. The minimum absolute atomic E-state index is 0.0590. The normalized spacial score (nSPS) is 11.8. The van der Waals surface area contributed by atoms with Crippen molar-refractivity contribution < 1.29 is 17.9 Å². The van der Waals surface area contributed by atoms with Crippen molar-refractivity contribution in [3.8, 4) is 23.0 Å². The number of H-pyrrole nitrogens is 1. The summed E-state index contributed by atoms with van der Waals surface area (Å²) in [6, 6.07) is 10.7. The topological polar surface area (TPSA) is 72.8 Å². The molecule has 6 nitrogen and oxygen atoms in total. The van der Waals surface area contributed by atoms with E-state index in [0.717, 1.165) is 0 Å². The summed E-state index contributed by atoms with van der Waals surface area (Å²) in [6.07, 6.45) is -4.96. The number of para-hydroxylation sites is 1. The van der Waals surface area contributed by atoms with Gasteiger partial charge in [0, 0.05) is 18.5 Å². The summed E-state index contributed by atoms with van der Waals surface area (Å²) < 4.78 is 47.8. The van der Waals surface area contributed by atoms with Crippen LogP contribution >= 0.6 is 23.2 Å². The zero-order valence-electron chi connectivity index (χ0n) is 15.1. The summed E-state index contributed by atoms with van der Waals surface area (Å²) in [7, 11) is 1.64. The van der Waals surface area contributed by atoms with Crippen molar-refractivity contribution in [2.75, 3.05) is 0 Å². The van der Waals surface area contributed by atoms with E-state index in [2.05, 4.69) is 15.1 Å². The molecular formula is C19H11Cl2F3N4O2. The van der Waals surface area contributed by atoms with E-state index in [4.69, 9.17) is 27.9 Å². The maximum Gasteiger partial charge on any atom is 0.437 e. The second-order valence-corrected chi connectivity index (χ2v) is 7.07. The molecule has 0 spiro atoms. The second-order valence-electron chi connectivity index (χ2n) is 6.26. The van der Waals surface area contributed by atoms with E-state index in [1.54, 1.807) is 31.3 Å². The number of alkyl halides is 3. The third-order valence-corrected chi connectivity index (χ3v) is 4.98. The van der Waals surface area contributed by atoms with Crippen molar-refractivity contribution in [1.29, 1.82) is 0 Å². The molecule has 30 heavy (non-hydrogen) atoms. The maximum atomic E-state index is 13.7. The van der Waals surface area contributed by atoms with Gasteiger partial charge in [0.25, 0.3) is 5.56 Å². The third kappa shape index (κ3) is 3.61. The Morgan fingerprint density at radius 1 is 1.10 bits per heavy atom. The van der Waals surface area contributed by atoms with Crippen molar-refractivity contribution in [1.82, 2.24) is 19.7 Å². The van der Waals surface area contributed by atoms with Gasteiger partial charge < -0.3 is 9.72 Å². The van der Waals surface area contributed by atoms with Gasteiger partial charge in [-0.2, -0.15) is 18.3 Å². The Morgan fingerprint density at radius 2 is 1.83 bits per heavy atom. The van der Waals surface area contributed by atoms with Crippen LogP contribution in [0.15, 0.2) is 47.3 Å². The molecule has 4 rings (SSSR count). The zero-order chi connectivity index (χ0) is 21.6. The van der Waals surface area contributed by atoms with Gasteiger partial charge in [0.15, 0.2) is 11.5 Å². The lowest BCUT2D eigenvalue weighted by Gasteiger charge is -2.13. The summed E-state index contributed by atoms with van der Waals surface area (Å²) in [5.41, 5.74) is -1.83. The number of nitrogens with zero attached hydrogens (tertiary/aromatic N) is 3. The number of hydrogen-bond donors (Lipinski definition) is 1. The van der Waals surface area contributed by atoms with Gasteiger partial charge in [-0.3, -0.25) is 9.48 Å². The number of aromatic nitrogens is 4. The van der Waals surface area contributed by atoms with Gasteiger partial charge in [-0.05, 0) is 18.2 Å². The second kappa shape index (κ2) is 7.33. The first kappa shape index (κ1) is 20.2. The van der Waals surface area contributed by atoms with Crippen molar-refractivity contribution in [2.45, 2.75) is 6.18 Å². The van der Waals surface area contributed by atoms with Crippen LogP contribution in [0.2, 0.25) is 10.0 Å². The van der Waals surface area contributed by atoms with E-state index < -0.39 is 23.2 Å². The average molecular weight is 455 g/mol. The molecule has 2 aromatic carbocycles. The Morgan fingerprint density at radius 3 is 2.53 bits per heavy atom. The summed E-state index contributed by atoms with van der Waals surface area (Å²) in [4.78, 5) is 18.5. The van der Waals surface area contributed by atoms with Gasteiger partial charge in [0.1, 0.15) is 11.4 Å². The first-order valence-electron chi connectivity index (χ1n) is 8.41. The molecule has 0 aliphatic heterocycles. The predicted molar refractivity (Wildman–Crippen MR) is 106 cm³/mol. The van der Waals surface area contributed by atoms with Crippen molar-refractivity contribution in [3.05, 3.63) is 68.6 Å². The number of aryl methyl sites for hydroxylation is 1. The number of fused-ring (bicyclic) bond motifs is 1. The molecule has 0 aliphatic carbocycles. The van der Waals surface area contributed by atoms with Crippen LogP contribution in [0.3, 0.4) is 0 Å². The van der Waals surface area contributed by atoms with Crippen LogP contribution in [0.4, 0.5) is 13.2 Å². The first-order valence-corrected chi connectivity index (χ1v) is 9.17. The highest BCUT2D eigenvalue weighted by atomic mass is 35.5. The Hall–Kier alpha value is -3.04. The van der Waals surface area contributed by atoms with E-state index >= 15 is 0 Å².